The van der Waals surface area contributed by atoms with E-state index in [0.29, 0.717) is 13.1 Å². The summed E-state index contributed by atoms with van der Waals surface area (Å²) < 4.78 is 5.43. The molecular weight excluding hydrogens is 439 g/mol. The minimum atomic E-state index is 0. The van der Waals surface area contributed by atoms with E-state index in [2.05, 4.69) is 68.6 Å². The van der Waals surface area contributed by atoms with Gasteiger partial charge in [0.15, 0.2) is 5.96 Å². The van der Waals surface area contributed by atoms with Crippen LogP contribution in [0, 0.1) is 13.8 Å². The fraction of sp³-hybridized carbons (Fsp3) is 0.500. The fourth-order valence-electron chi connectivity index (χ4n) is 2.84. The summed E-state index contributed by atoms with van der Waals surface area (Å²) >= 11 is 0. The maximum Gasteiger partial charge on any atom is 0.191 e. The van der Waals surface area contributed by atoms with Gasteiger partial charge in [-0.3, -0.25) is 0 Å². The number of nitrogens with one attached hydrogen (secondary N) is 2. The van der Waals surface area contributed by atoms with Crippen molar-refractivity contribution in [2.75, 3.05) is 6.54 Å². The molecule has 0 bridgehead atoms. The smallest absolute Gasteiger partial charge is 0.191 e. The zero-order valence-corrected chi connectivity index (χ0v) is 18.8. The molecule has 1 heterocycles. The van der Waals surface area contributed by atoms with Gasteiger partial charge in [-0.25, -0.2) is 4.99 Å². The van der Waals surface area contributed by atoms with E-state index < -0.39 is 0 Å². The third-order valence-electron chi connectivity index (χ3n) is 4.29. The number of halogens is 1. The Morgan fingerprint density at radius 1 is 1.12 bits per heavy atom. The fourth-order valence-corrected chi connectivity index (χ4v) is 2.84. The number of hydrogen-bond donors (Lipinski definition) is 2. The van der Waals surface area contributed by atoms with Crippen LogP contribution < -0.4 is 10.6 Å². The summed E-state index contributed by atoms with van der Waals surface area (Å²) in [6.45, 7) is 12.7. The molecule has 1 aromatic carbocycles. The van der Waals surface area contributed by atoms with Crippen LogP contribution in [0.4, 0.5) is 0 Å². The highest BCUT2D eigenvalue weighted by atomic mass is 127. The molecule has 0 aliphatic rings. The lowest BCUT2D eigenvalue weighted by molar-refractivity contribution is 0.380. The van der Waals surface area contributed by atoms with E-state index in [4.69, 9.17) is 9.52 Å². The van der Waals surface area contributed by atoms with Crippen LogP contribution in [0.25, 0.3) is 0 Å². The van der Waals surface area contributed by atoms with Crippen molar-refractivity contribution in [3.8, 4) is 0 Å². The molecule has 0 saturated heterocycles. The van der Waals surface area contributed by atoms with Gasteiger partial charge in [0.1, 0.15) is 5.76 Å². The highest BCUT2D eigenvalue weighted by molar-refractivity contribution is 14.0. The Bertz CT molecular complexity index is 703. The van der Waals surface area contributed by atoms with E-state index in [1.807, 2.05) is 0 Å². The van der Waals surface area contributed by atoms with Gasteiger partial charge in [-0.2, -0.15) is 0 Å². The lowest BCUT2D eigenvalue weighted by Crippen LogP contribution is -2.37. The van der Waals surface area contributed by atoms with Gasteiger partial charge in [0, 0.05) is 25.1 Å². The van der Waals surface area contributed by atoms with Crippen LogP contribution in [0.3, 0.4) is 0 Å². The summed E-state index contributed by atoms with van der Waals surface area (Å²) in [5.74, 6) is 1.77. The lowest BCUT2D eigenvalue weighted by Gasteiger charge is -2.12. The van der Waals surface area contributed by atoms with Crippen molar-refractivity contribution >= 4 is 29.9 Å². The van der Waals surface area contributed by atoms with Gasteiger partial charge in [-0.15, -0.1) is 24.0 Å². The monoisotopic (exact) mass is 470 g/mol. The molecule has 0 unspecified atom stereocenters. The van der Waals surface area contributed by atoms with Crippen LogP contribution in [-0.4, -0.2) is 17.7 Å². The molecule has 2 N–H and O–H groups in total. The molecule has 0 radical (unpaired) electrons. The highest BCUT2D eigenvalue weighted by Crippen LogP contribution is 2.15. The molecule has 0 saturated carbocycles. The minimum Gasteiger partial charge on any atom is -0.361 e. The van der Waals surface area contributed by atoms with E-state index in [1.165, 1.54) is 16.7 Å². The summed E-state index contributed by atoms with van der Waals surface area (Å²) in [6.07, 6.45) is 1.72. The molecule has 0 fully saturated rings. The molecule has 0 spiro atoms. The summed E-state index contributed by atoms with van der Waals surface area (Å²) in [5.41, 5.74) is 5.98. The third kappa shape index (κ3) is 6.00. The molecule has 0 aliphatic carbocycles. The van der Waals surface area contributed by atoms with Gasteiger partial charge in [0.25, 0.3) is 0 Å². The Labute approximate surface area is 174 Å². The maximum atomic E-state index is 5.43. The Morgan fingerprint density at radius 3 is 2.50 bits per heavy atom. The van der Waals surface area contributed by atoms with Crippen LogP contribution in [0.2, 0.25) is 0 Å². The predicted octanol–water partition coefficient (Wildman–Crippen LogP) is 4.29. The maximum absolute atomic E-state index is 5.43. The van der Waals surface area contributed by atoms with Gasteiger partial charge in [-0.05, 0) is 38.3 Å². The van der Waals surface area contributed by atoms with Crippen molar-refractivity contribution < 1.29 is 4.52 Å². The molecule has 0 amide bonds. The largest absolute Gasteiger partial charge is 0.361 e. The summed E-state index contributed by atoms with van der Waals surface area (Å²) in [4.78, 5) is 4.73. The van der Waals surface area contributed by atoms with Crippen LogP contribution in [0.15, 0.2) is 27.7 Å². The molecule has 0 aliphatic heterocycles. The first kappa shape index (κ1) is 22.5. The SMILES string of the molecule is CCNC(=NCc1ccc(C)cc1C)NCc1c(CC)noc1CC.I. The van der Waals surface area contributed by atoms with Crippen molar-refractivity contribution in [2.45, 2.75) is 60.5 Å². The van der Waals surface area contributed by atoms with E-state index in [-0.39, 0.29) is 24.0 Å². The first-order valence-corrected chi connectivity index (χ1v) is 9.13. The Kier molecular flexibility index (Phi) is 9.69. The molecule has 2 aromatic rings. The quantitative estimate of drug-likeness (QED) is 0.360. The van der Waals surface area contributed by atoms with Crippen LogP contribution >= 0.6 is 24.0 Å². The van der Waals surface area contributed by atoms with Gasteiger partial charge in [-0.1, -0.05) is 42.8 Å². The van der Waals surface area contributed by atoms with Crippen molar-refractivity contribution in [3.63, 3.8) is 0 Å². The number of hydrogen-bond acceptors (Lipinski definition) is 3. The first-order chi connectivity index (χ1) is 12.1. The zero-order valence-electron chi connectivity index (χ0n) is 16.5. The molecule has 144 valence electrons. The molecule has 26 heavy (non-hydrogen) atoms. The van der Waals surface area contributed by atoms with Crippen LogP contribution in [0.1, 0.15) is 54.5 Å². The van der Waals surface area contributed by atoms with Crippen molar-refractivity contribution in [2.24, 2.45) is 4.99 Å². The molecular formula is C20H31IN4O. The standard InChI is InChI=1S/C20H30N4O.HI/c1-6-18-17(19(7-2)25-24-18)13-23-20(21-8-3)22-12-16-10-9-14(4)11-15(16)5;/h9-11H,6-8,12-13H2,1-5H3,(H2,21,22,23);1H. The van der Waals surface area contributed by atoms with Gasteiger partial charge < -0.3 is 15.2 Å². The van der Waals surface area contributed by atoms with Crippen molar-refractivity contribution in [3.05, 3.63) is 51.9 Å². The lowest BCUT2D eigenvalue weighted by atomic mass is 10.1. The zero-order chi connectivity index (χ0) is 18.2. The molecule has 0 atom stereocenters. The molecule has 1 aromatic heterocycles. The number of nitrogens with zero attached hydrogens (tertiary/aromatic N) is 2. The highest BCUT2D eigenvalue weighted by Gasteiger charge is 2.13. The molecule has 2 rings (SSSR count). The van der Waals surface area contributed by atoms with Gasteiger partial charge >= 0.3 is 0 Å². The van der Waals surface area contributed by atoms with E-state index in [9.17, 15) is 0 Å². The van der Waals surface area contributed by atoms with Gasteiger partial charge in [0.05, 0.1) is 12.2 Å². The summed E-state index contributed by atoms with van der Waals surface area (Å²) in [6, 6.07) is 6.49. The number of aryl methyl sites for hydroxylation is 4. The van der Waals surface area contributed by atoms with Gasteiger partial charge in [0.2, 0.25) is 0 Å². The second-order valence-corrected chi connectivity index (χ2v) is 6.22. The second-order valence-electron chi connectivity index (χ2n) is 6.22. The number of aromatic nitrogens is 1. The number of benzene rings is 1. The molecule has 5 nitrogen and oxygen atoms in total. The van der Waals surface area contributed by atoms with Crippen LogP contribution in [-0.2, 0) is 25.9 Å². The summed E-state index contributed by atoms with van der Waals surface area (Å²) in [7, 11) is 0. The van der Waals surface area contributed by atoms with E-state index >= 15 is 0 Å². The van der Waals surface area contributed by atoms with Crippen molar-refractivity contribution in [1.29, 1.82) is 0 Å². The average molecular weight is 470 g/mol. The second kappa shape index (κ2) is 11.2. The Hall–Kier alpha value is -1.57. The topological polar surface area (TPSA) is 62.5 Å². The summed E-state index contributed by atoms with van der Waals surface area (Å²) in [5, 5.41) is 10.9. The minimum absolute atomic E-state index is 0. The molecule has 6 heteroatoms. The Morgan fingerprint density at radius 2 is 1.88 bits per heavy atom. The third-order valence-corrected chi connectivity index (χ3v) is 4.29. The number of aliphatic imine (C=N–C) groups is 1. The van der Waals surface area contributed by atoms with Crippen molar-refractivity contribution in [1.82, 2.24) is 15.8 Å². The number of guanidine groups is 1. The average Bonchev–Trinajstić information content (AvgIpc) is 3.00. The predicted molar refractivity (Wildman–Crippen MR) is 118 cm³/mol. The normalized spacial score (nSPS) is 11.2. The van der Waals surface area contributed by atoms with E-state index in [1.54, 1.807) is 0 Å². The number of rotatable bonds is 7. The first-order valence-electron chi connectivity index (χ1n) is 9.13. The Balaban J connectivity index is 0.00000338. The van der Waals surface area contributed by atoms with E-state index in [0.717, 1.165) is 42.4 Å². The van der Waals surface area contributed by atoms with Crippen LogP contribution in [0.5, 0.6) is 0 Å².